The standard InChI is InChI=1S/C18H20N4O3S/c1-11(2)14-8-15(17(24)9-16(14)23)18-20-19-10-22(18)13-6-4-12(5-7-13)21-26(3)25/h4-11,21,23-24H,1-3H3. The summed E-state index contributed by atoms with van der Waals surface area (Å²) in [6.45, 7) is 3.92. The van der Waals surface area contributed by atoms with E-state index in [0.29, 0.717) is 11.4 Å². The van der Waals surface area contributed by atoms with E-state index in [4.69, 9.17) is 0 Å². The van der Waals surface area contributed by atoms with Gasteiger partial charge in [0, 0.05) is 23.7 Å². The van der Waals surface area contributed by atoms with Crippen molar-refractivity contribution in [3.63, 3.8) is 0 Å². The zero-order valence-electron chi connectivity index (χ0n) is 14.7. The minimum Gasteiger partial charge on any atom is -0.508 e. The van der Waals surface area contributed by atoms with Crippen molar-refractivity contribution in [3.8, 4) is 28.6 Å². The summed E-state index contributed by atoms with van der Waals surface area (Å²) < 4.78 is 15.8. The molecule has 3 aromatic rings. The lowest BCUT2D eigenvalue weighted by Gasteiger charge is -2.13. The second kappa shape index (κ2) is 7.17. The average Bonchev–Trinajstić information content (AvgIpc) is 3.04. The van der Waals surface area contributed by atoms with Gasteiger partial charge < -0.3 is 14.9 Å². The van der Waals surface area contributed by atoms with Crippen LogP contribution < -0.4 is 4.72 Å². The molecule has 0 amide bonds. The predicted molar refractivity (Wildman–Crippen MR) is 102 cm³/mol. The number of hydrogen-bond acceptors (Lipinski definition) is 5. The number of nitrogens with one attached hydrogen (secondary N) is 1. The third-order valence-corrected chi connectivity index (χ3v) is 4.49. The second-order valence-corrected chi connectivity index (χ2v) is 7.32. The van der Waals surface area contributed by atoms with Gasteiger partial charge in [-0.15, -0.1) is 10.2 Å². The van der Waals surface area contributed by atoms with Crippen molar-refractivity contribution in [3.05, 3.63) is 48.3 Å². The van der Waals surface area contributed by atoms with Crippen LogP contribution in [0.5, 0.6) is 11.5 Å². The molecule has 7 nitrogen and oxygen atoms in total. The highest BCUT2D eigenvalue weighted by atomic mass is 32.2. The summed E-state index contributed by atoms with van der Waals surface area (Å²) in [7, 11) is -1.14. The lowest BCUT2D eigenvalue weighted by atomic mass is 9.98. The number of phenols is 2. The van der Waals surface area contributed by atoms with Crippen molar-refractivity contribution in [1.29, 1.82) is 0 Å². The molecule has 0 aliphatic carbocycles. The van der Waals surface area contributed by atoms with Crippen LogP contribution in [0.2, 0.25) is 0 Å². The fraction of sp³-hybridized carbons (Fsp3) is 0.222. The molecule has 1 unspecified atom stereocenters. The highest BCUT2D eigenvalue weighted by molar-refractivity contribution is 7.85. The smallest absolute Gasteiger partial charge is 0.172 e. The van der Waals surface area contributed by atoms with Gasteiger partial charge in [-0.1, -0.05) is 13.8 Å². The molecule has 8 heteroatoms. The molecule has 1 atom stereocenters. The van der Waals surface area contributed by atoms with Gasteiger partial charge in [0.15, 0.2) is 5.82 Å². The molecule has 1 heterocycles. The largest absolute Gasteiger partial charge is 0.508 e. The maximum absolute atomic E-state index is 11.2. The Kier molecular flexibility index (Phi) is 4.94. The van der Waals surface area contributed by atoms with E-state index in [2.05, 4.69) is 14.9 Å². The summed E-state index contributed by atoms with van der Waals surface area (Å²) in [5.41, 5.74) is 2.73. The molecule has 136 valence electrons. The number of nitrogens with zero attached hydrogens (tertiary/aromatic N) is 3. The van der Waals surface area contributed by atoms with Gasteiger partial charge in [0.05, 0.1) is 5.56 Å². The summed E-state index contributed by atoms with van der Waals surface area (Å²) in [4.78, 5) is 0. The lowest BCUT2D eigenvalue weighted by molar-refractivity contribution is 0.444. The van der Waals surface area contributed by atoms with E-state index in [-0.39, 0.29) is 17.4 Å². The van der Waals surface area contributed by atoms with Crippen molar-refractivity contribution < 1.29 is 14.4 Å². The fourth-order valence-corrected chi connectivity index (χ4v) is 3.17. The highest BCUT2D eigenvalue weighted by Gasteiger charge is 2.17. The zero-order valence-corrected chi connectivity index (χ0v) is 15.5. The first-order valence-electron chi connectivity index (χ1n) is 8.03. The van der Waals surface area contributed by atoms with Crippen LogP contribution in [0.4, 0.5) is 5.69 Å². The predicted octanol–water partition coefficient (Wildman–Crippen LogP) is 3.17. The number of phenolic OH excluding ortho intramolecular Hbond substituents is 2. The van der Waals surface area contributed by atoms with Crippen LogP contribution in [0, 0.1) is 0 Å². The molecule has 0 aliphatic rings. The molecule has 0 bridgehead atoms. The van der Waals surface area contributed by atoms with Crippen molar-refractivity contribution in [2.24, 2.45) is 0 Å². The molecule has 1 aromatic heterocycles. The van der Waals surface area contributed by atoms with Crippen LogP contribution in [-0.4, -0.2) is 35.4 Å². The Bertz CT molecular complexity index is 952. The van der Waals surface area contributed by atoms with E-state index >= 15 is 0 Å². The Morgan fingerprint density at radius 3 is 2.42 bits per heavy atom. The third kappa shape index (κ3) is 3.55. The first-order chi connectivity index (χ1) is 12.4. The van der Waals surface area contributed by atoms with E-state index in [1.807, 2.05) is 26.0 Å². The summed E-state index contributed by atoms with van der Waals surface area (Å²) in [6.07, 6.45) is 3.11. The quantitative estimate of drug-likeness (QED) is 0.639. The van der Waals surface area contributed by atoms with Crippen LogP contribution in [0.25, 0.3) is 17.1 Å². The van der Waals surface area contributed by atoms with Gasteiger partial charge in [0.25, 0.3) is 0 Å². The Morgan fingerprint density at radius 1 is 1.12 bits per heavy atom. The maximum atomic E-state index is 11.2. The molecule has 3 N–H and O–H groups in total. The Labute approximate surface area is 153 Å². The van der Waals surface area contributed by atoms with E-state index in [9.17, 15) is 14.4 Å². The molecule has 3 rings (SSSR count). The van der Waals surface area contributed by atoms with E-state index in [1.165, 1.54) is 6.07 Å². The molecular formula is C18H20N4O3S. The van der Waals surface area contributed by atoms with Crippen LogP contribution >= 0.6 is 0 Å². The third-order valence-electron chi connectivity index (χ3n) is 3.96. The van der Waals surface area contributed by atoms with E-state index < -0.39 is 11.0 Å². The minimum absolute atomic E-state index is 0.0512. The van der Waals surface area contributed by atoms with Gasteiger partial charge in [-0.2, -0.15) is 0 Å². The normalized spacial score (nSPS) is 12.3. The number of rotatable bonds is 5. The molecule has 0 spiro atoms. The fourth-order valence-electron chi connectivity index (χ4n) is 2.70. The molecule has 2 aromatic carbocycles. The number of hydrogen-bond donors (Lipinski definition) is 3. The van der Waals surface area contributed by atoms with Crippen LogP contribution in [0.1, 0.15) is 25.3 Å². The highest BCUT2D eigenvalue weighted by Crippen LogP contribution is 2.37. The van der Waals surface area contributed by atoms with Crippen LogP contribution in [0.15, 0.2) is 42.7 Å². The summed E-state index contributed by atoms with van der Waals surface area (Å²) in [6, 6.07) is 10.3. The van der Waals surface area contributed by atoms with Crippen molar-refractivity contribution in [2.75, 3.05) is 11.0 Å². The van der Waals surface area contributed by atoms with Gasteiger partial charge in [-0.3, -0.25) is 4.57 Å². The van der Waals surface area contributed by atoms with Crippen molar-refractivity contribution >= 4 is 16.7 Å². The Morgan fingerprint density at radius 2 is 1.81 bits per heavy atom. The lowest BCUT2D eigenvalue weighted by Crippen LogP contribution is -2.02. The topological polar surface area (TPSA) is 100 Å². The molecule has 0 fully saturated rings. The first-order valence-corrected chi connectivity index (χ1v) is 9.59. The summed E-state index contributed by atoms with van der Waals surface area (Å²) >= 11 is 0. The summed E-state index contributed by atoms with van der Waals surface area (Å²) in [5.74, 6) is 0.534. The number of anilines is 1. The Hall–Kier alpha value is -2.87. The van der Waals surface area contributed by atoms with E-state index in [1.54, 1.807) is 35.3 Å². The molecule has 0 radical (unpaired) electrons. The van der Waals surface area contributed by atoms with Gasteiger partial charge in [-0.05, 0) is 41.8 Å². The molecule has 0 aliphatic heterocycles. The second-order valence-electron chi connectivity index (χ2n) is 6.21. The molecule has 0 saturated carbocycles. The van der Waals surface area contributed by atoms with Crippen LogP contribution in [-0.2, 0) is 11.0 Å². The van der Waals surface area contributed by atoms with Crippen LogP contribution in [0.3, 0.4) is 0 Å². The maximum Gasteiger partial charge on any atom is 0.172 e. The van der Waals surface area contributed by atoms with Gasteiger partial charge in [-0.25, -0.2) is 4.21 Å². The Balaban J connectivity index is 2.04. The first kappa shape index (κ1) is 17.9. The number of aromatic nitrogens is 3. The molecule has 0 saturated heterocycles. The average molecular weight is 372 g/mol. The molecule has 26 heavy (non-hydrogen) atoms. The van der Waals surface area contributed by atoms with Gasteiger partial charge in [0.1, 0.15) is 28.8 Å². The zero-order chi connectivity index (χ0) is 18.8. The van der Waals surface area contributed by atoms with Gasteiger partial charge >= 0.3 is 0 Å². The van der Waals surface area contributed by atoms with Gasteiger partial charge in [0.2, 0.25) is 0 Å². The monoisotopic (exact) mass is 372 g/mol. The number of aromatic hydroxyl groups is 2. The summed E-state index contributed by atoms with van der Waals surface area (Å²) in [5, 5.41) is 28.4. The number of benzene rings is 2. The SMILES string of the molecule is CC(C)c1cc(-c2nncn2-c2ccc(NS(C)=O)cc2)c(O)cc1O. The molecular weight excluding hydrogens is 352 g/mol. The van der Waals surface area contributed by atoms with Crippen molar-refractivity contribution in [2.45, 2.75) is 19.8 Å². The minimum atomic E-state index is -1.14. The van der Waals surface area contributed by atoms with E-state index in [0.717, 1.165) is 16.9 Å². The van der Waals surface area contributed by atoms with Crippen molar-refractivity contribution in [1.82, 2.24) is 14.8 Å².